The molecule has 0 unspecified atom stereocenters. The first kappa shape index (κ1) is 11.5. The molecule has 0 spiro atoms. The van der Waals surface area contributed by atoms with Gasteiger partial charge in [0, 0.05) is 19.3 Å². The first-order valence-corrected chi connectivity index (χ1v) is 6.45. The average Bonchev–Trinajstić information content (AvgIpc) is 2.98. The van der Waals surface area contributed by atoms with Crippen LogP contribution in [0.1, 0.15) is 19.3 Å². The molecular formula is C13H18N4O. The Labute approximate surface area is 106 Å². The van der Waals surface area contributed by atoms with Crippen LogP contribution in [0.2, 0.25) is 0 Å². The molecule has 96 valence electrons. The minimum atomic E-state index is 0.293. The maximum atomic E-state index is 9.37. The quantitative estimate of drug-likeness (QED) is 0.858. The van der Waals surface area contributed by atoms with Gasteiger partial charge >= 0.3 is 0 Å². The summed E-state index contributed by atoms with van der Waals surface area (Å²) in [6.07, 6.45) is 7.06. The molecule has 0 amide bonds. The van der Waals surface area contributed by atoms with Crippen molar-refractivity contribution in [2.75, 3.05) is 12.3 Å². The fourth-order valence-corrected chi connectivity index (χ4v) is 3.02. The number of hydrogen-bond acceptors (Lipinski definition) is 4. The smallest absolute Gasteiger partial charge is 0.145 e. The van der Waals surface area contributed by atoms with Crippen LogP contribution >= 0.6 is 0 Å². The third-order valence-corrected chi connectivity index (χ3v) is 4.07. The van der Waals surface area contributed by atoms with Gasteiger partial charge in [0.15, 0.2) is 0 Å². The van der Waals surface area contributed by atoms with Gasteiger partial charge < -0.3 is 15.4 Å². The predicted molar refractivity (Wildman–Crippen MR) is 69.9 cm³/mol. The lowest BCUT2D eigenvalue weighted by molar-refractivity contribution is 0.185. The zero-order valence-corrected chi connectivity index (χ0v) is 10.3. The molecule has 2 aromatic heterocycles. The lowest BCUT2D eigenvalue weighted by Crippen LogP contribution is -2.18. The van der Waals surface area contributed by atoms with Crippen molar-refractivity contribution in [2.24, 2.45) is 11.8 Å². The van der Waals surface area contributed by atoms with Gasteiger partial charge in [0.05, 0.1) is 5.39 Å². The molecular weight excluding hydrogens is 228 g/mol. The highest BCUT2D eigenvalue weighted by atomic mass is 16.3. The van der Waals surface area contributed by atoms with Gasteiger partial charge in [-0.25, -0.2) is 9.97 Å². The number of anilines is 1. The Morgan fingerprint density at radius 2 is 2.17 bits per heavy atom. The van der Waals surface area contributed by atoms with Crippen LogP contribution in [-0.4, -0.2) is 26.2 Å². The molecule has 2 atom stereocenters. The Morgan fingerprint density at radius 3 is 3.00 bits per heavy atom. The second-order valence-corrected chi connectivity index (χ2v) is 5.10. The van der Waals surface area contributed by atoms with E-state index in [-0.39, 0.29) is 0 Å². The van der Waals surface area contributed by atoms with E-state index in [1.807, 2.05) is 12.3 Å². The van der Waals surface area contributed by atoms with E-state index in [0.717, 1.165) is 24.0 Å². The fraction of sp³-hybridized carbons (Fsp3) is 0.538. The molecule has 0 bridgehead atoms. The van der Waals surface area contributed by atoms with E-state index in [4.69, 9.17) is 5.73 Å². The van der Waals surface area contributed by atoms with Crippen molar-refractivity contribution in [1.29, 1.82) is 0 Å². The SMILES string of the molecule is Nc1ncnc2c1ccn2C[C@H]1CCC[C@@H]1CO. The molecule has 1 aliphatic rings. The van der Waals surface area contributed by atoms with Gasteiger partial charge in [0.25, 0.3) is 0 Å². The van der Waals surface area contributed by atoms with Gasteiger partial charge in [-0.1, -0.05) is 6.42 Å². The van der Waals surface area contributed by atoms with Crippen molar-refractivity contribution in [1.82, 2.24) is 14.5 Å². The number of rotatable bonds is 3. The number of aliphatic hydroxyl groups is 1. The summed E-state index contributed by atoms with van der Waals surface area (Å²) in [5.41, 5.74) is 6.72. The molecule has 0 radical (unpaired) electrons. The van der Waals surface area contributed by atoms with Crippen molar-refractivity contribution in [3.8, 4) is 0 Å². The highest BCUT2D eigenvalue weighted by Crippen LogP contribution is 2.33. The van der Waals surface area contributed by atoms with Crippen LogP contribution in [0.3, 0.4) is 0 Å². The molecule has 5 nitrogen and oxygen atoms in total. The molecule has 3 N–H and O–H groups in total. The highest BCUT2D eigenvalue weighted by Gasteiger charge is 2.27. The normalized spacial score (nSPS) is 23.8. The summed E-state index contributed by atoms with van der Waals surface area (Å²) < 4.78 is 2.13. The summed E-state index contributed by atoms with van der Waals surface area (Å²) in [5.74, 6) is 1.51. The number of nitrogens with zero attached hydrogens (tertiary/aromatic N) is 3. The van der Waals surface area contributed by atoms with Gasteiger partial charge in [-0.05, 0) is 30.7 Å². The molecule has 2 aromatic rings. The minimum Gasteiger partial charge on any atom is -0.396 e. The summed E-state index contributed by atoms with van der Waals surface area (Å²) in [6, 6.07) is 1.97. The summed E-state index contributed by atoms with van der Waals surface area (Å²) >= 11 is 0. The van der Waals surface area contributed by atoms with Crippen molar-refractivity contribution < 1.29 is 5.11 Å². The van der Waals surface area contributed by atoms with Crippen LogP contribution in [0.15, 0.2) is 18.6 Å². The summed E-state index contributed by atoms with van der Waals surface area (Å²) in [6.45, 7) is 1.20. The highest BCUT2D eigenvalue weighted by molar-refractivity contribution is 5.85. The fourth-order valence-electron chi connectivity index (χ4n) is 3.02. The number of fused-ring (bicyclic) bond motifs is 1. The van der Waals surface area contributed by atoms with Crippen molar-refractivity contribution in [2.45, 2.75) is 25.8 Å². The summed E-state index contributed by atoms with van der Waals surface area (Å²) in [4.78, 5) is 8.30. The zero-order valence-electron chi connectivity index (χ0n) is 10.3. The van der Waals surface area contributed by atoms with Crippen molar-refractivity contribution in [3.63, 3.8) is 0 Å². The Balaban J connectivity index is 1.89. The van der Waals surface area contributed by atoms with Gasteiger partial charge in [-0.2, -0.15) is 0 Å². The van der Waals surface area contributed by atoms with E-state index in [1.165, 1.54) is 19.2 Å². The average molecular weight is 246 g/mol. The third kappa shape index (κ3) is 1.84. The molecule has 1 saturated carbocycles. The number of hydrogen-bond donors (Lipinski definition) is 2. The number of nitrogens with two attached hydrogens (primary N) is 1. The van der Waals surface area contributed by atoms with E-state index >= 15 is 0 Å². The Morgan fingerprint density at radius 1 is 1.33 bits per heavy atom. The Hall–Kier alpha value is -1.62. The number of aromatic nitrogens is 3. The number of aliphatic hydroxyl groups excluding tert-OH is 1. The summed E-state index contributed by atoms with van der Waals surface area (Å²) in [5, 5.41) is 10.3. The molecule has 0 aromatic carbocycles. The van der Waals surface area contributed by atoms with E-state index in [2.05, 4.69) is 14.5 Å². The molecule has 0 saturated heterocycles. The molecule has 3 rings (SSSR count). The summed E-state index contributed by atoms with van der Waals surface area (Å²) in [7, 11) is 0. The second kappa shape index (κ2) is 4.57. The van der Waals surface area contributed by atoms with Crippen molar-refractivity contribution in [3.05, 3.63) is 18.6 Å². The standard InChI is InChI=1S/C13H18N4O/c14-12-11-4-5-17(13(11)16-8-15-12)6-9-2-1-3-10(9)7-18/h4-5,8-10,18H,1-3,6-7H2,(H2,14,15,16)/t9-,10-/m1/s1. The van der Waals surface area contributed by atoms with Gasteiger partial charge in [-0.3, -0.25) is 0 Å². The molecule has 1 fully saturated rings. The van der Waals surface area contributed by atoms with E-state index in [1.54, 1.807) is 0 Å². The molecule has 0 aliphatic heterocycles. The van der Waals surface area contributed by atoms with E-state index in [0.29, 0.717) is 24.3 Å². The minimum absolute atomic E-state index is 0.293. The molecule has 2 heterocycles. The van der Waals surface area contributed by atoms with E-state index in [9.17, 15) is 5.11 Å². The van der Waals surface area contributed by atoms with Crippen LogP contribution in [-0.2, 0) is 6.54 Å². The van der Waals surface area contributed by atoms with Crippen LogP contribution in [0, 0.1) is 11.8 Å². The van der Waals surface area contributed by atoms with Crippen LogP contribution in [0.25, 0.3) is 11.0 Å². The van der Waals surface area contributed by atoms with Gasteiger partial charge in [-0.15, -0.1) is 0 Å². The van der Waals surface area contributed by atoms with Crippen LogP contribution < -0.4 is 5.73 Å². The van der Waals surface area contributed by atoms with Crippen LogP contribution in [0.5, 0.6) is 0 Å². The first-order chi connectivity index (χ1) is 8.79. The van der Waals surface area contributed by atoms with Gasteiger partial charge in [0.1, 0.15) is 17.8 Å². The number of nitrogen functional groups attached to an aromatic ring is 1. The lowest BCUT2D eigenvalue weighted by atomic mass is 9.97. The molecule has 18 heavy (non-hydrogen) atoms. The molecule has 1 aliphatic carbocycles. The molecule has 5 heteroatoms. The van der Waals surface area contributed by atoms with Crippen LogP contribution in [0.4, 0.5) is 5.82 Å². The zero-order chi connectivity index (χ0) is 12.5. The largest absolute Gasteiger partial charge is 0.396 e. The second-order valence-electron chi connectivity index (χ2n) is 5.10. The topological polar surface area (TPSA) is 77.0 Å². The van der Waals surface area contributed by atoms with Crippen molar-refractivity contribution >= 4 is 16.9 Å². The monoisotopic (exact) mass is 246 g/mol. The predicted octanol–water partition coefficient (Wildman–Crippen LogP) is 1.42. The Bertz CT molecular complexity index is 551. The first-order valence-electron chi connectivity index (χ1n) is 6.45. The van der Waals surface area contributed by atoms with Gasteiger partial charge in [0.2, 0.25) is 0 Å². The maximum Gasteiger partial charge on any atom is 0.145 e. The Kier molecular flexibility index (Phi) is 2.91. The van der Waals surface area contributed by atoms with E-state index < -0.39 is 0 Å². The lowest BCUT2D eigenvalue weighted by Gasteiger charge is -2.18. The maximum absolute atomic E-state index is 9.37. The third-order valence-electron chi connectivity index (χ3n) is 4.07.